The molecule has 4 aromatic rings. The molecule has 166 valence electrons. The number of hydrogen-bond donors (Lipinski definition) is 2. The molecule has 0 radical (unpaired) electrons. The van der Waals surface area contributed by atoms with Crippen LogP contribution in [0.1, 0.15) is 22.3 Å². The van der Waals surface area contributed by atoms with Gasteiger partial charge in [-0.3, -0.25) is 0 Å². The van der Waals surface area contributed by atoms with E-state index < -0.39 is 0 Å². The third-order valence-electron chi connectivity index (χ3n) is 5.79. The van der Waals surface area contributed by atoms with E-state index in [4.69, 9.17) is 0 Å². The molecule has 0 aliphatic carbocycles. The van der Waals surface area contributed by atoms with Crippen LogP contribution in [-0.2, 0) is 0 Å². The zero-order valence-electron chi connectivity index (χ0n) is 19.2. The maximum absolute atomic E-state index is 3.95. The summed E-state index contributed by atoms with van der Waals surface area (Å²) < 4.78 is 0. The Morgan fingerprint density at radius 3 is 1.15 bits per heavy atom. The smallest absolute Gasteiger partial charge is 0.0463 e. The van der Waals surface area contributed by atoms with Gasteiger partial charge in [-0.15, -0.1) is 0 Å². The molecule has 2 heteroatoms. The molecule has 0 fully saturated rings. The minimum atomic E-state index is 1.01. The first kappa shape index (κ1) is 22.6. The van der Waals surface area contributed by atoms with E-state index in [9.17, 15) is 0 Å². The minimum Gasteiger partial charge on any atom is -0.355 e. The third-order valence-corrected chi connectivity index (χ3v) is 5.79. The molecule has 4 aromatic carbocycles. The van der Waals surface area contributed by atoms with Crippen molar-refractivity contribution in [3.05, 3.63) is 133 Å². The van der Waals surface area contributed by atoms with Gasteiger partial charge in [-0.05, 0) is 58.7 Å². The van der Waals surface area contributed by atoms with Gasteiger partial charge in [0, 0.05) is 33.9 Å². The standard InChI is InChI=1S/C32H28N2/c1-5-23-11-9-13-31(29(23)7-3)33-27-19-15-25(16-20-27)26-17-21-28(22-18-26)34-32-14-10-12-24(6-2)30(32)8-4/h5-22,33-34H,1-4H2. The summed E-state index contributed by atoms with van der Waals surface area (Å²) in [6.07, 6.45) is 7.40. The summed E-state index contributed by atoms with van der Waals surface area (Å²) in [5.74, 6) is 0. The molecule has 0 bridgehead atoms. The second-order valence-electron chi connectivity index (χ2n) is 7.84. The minimum absolute atomic E-state index is 1.01. The summed E-state index contributed by atoms with van der Waals surface area (Å²) in [6.45, 7) is 15.7. The van der Waals surface area contributed by atoms with Crippen LogP contribution >= 0.6 is 0 Å². The second-order valence-corrected chi connectivity index (χ2v) is 7.84. The topological polar surface area (TPSA) is 24.1 Å². The van der Waals surface area contributed by atoms with Crippen LogP contribution in [0.15, 0.2) is 111 Å². The number of benzene rings is 4. The van der Waals surface area contributed by atoms with Crippen LogP contribution in [0.25, 0.3) is 35.4 Å². The molecule has 34 heavy (non-hydrogen) atoms. The third kappa shape index (κ3) is 4.77. The molecule has 0 unspecified atom stereocenters. The van der Waals surface area contributed by atoms with Gasteiger partial charge in [0.25, 0.3) is 0 Å². The van der Waals surface area contributed by atoms with Crippen molar-refractivity contribution in [2.24, 2.45) is 0 Å². The summed E-state index contributed by atoms with van der Waals surface area (Å²) in [5.41, 5.74) is 10.6. The molecular weight excluding hydrogens is 412 g/mol. The van der Waals surface area contributed by atoms with E-state index in [-0.39, 0.29) is 0 Å². The first-order valence-corrected chi connectivity index (χ1v) is 11.2. The van der Waals surface area contributed by atoms with Crippen LogP contribution in [0.3, 0.4) is 0 Å². The van der Waals surface area contributed by atoms with Gasteiger partial charge in [0.1, 0.15) is 0 Å². The van der Waals surface area contributed by atoms with E-state index in [1.54, 1.807) is 0 Å². The number of rotatable bonds is 9. The van der Waals surface area contributed by atoms with Gasteiger partial charge >= 0.3 is 0 Å². The highest BCUT2D eigenvalue weighted by atomic mass is 14.9. The van der Waals surface area contributed by atoms with Gasteiger partial charge in [0.05, 0.1) is 0 Å². The zero-order chi connectivity index (χ0) is 23.9. The molecule has 4 rings (SSSR count). The number of anilines is 4. The number of hydrogen-bond acceptors (Lipinski definition) is 2. The lowest BCUT2D eigenvalue weighted by molar-refractivity contribution is 1.50. The lowest BCUT2D eigenvalue weighted by Crippen LogP contribution is -1.95. The van der Waals surface area contributed by atoms with Crippen molar-refractivity contribution in [2.75, 3.05) is 10.6 Å². The van der Waals surface area contributed by atoms with E-state index in [1.165, 1.54) is 0 Å². The number of nitrogens with one attached hydrogen (secondary N) is 2. The maximum atomic E-state index is 3.95. The average molecular weight is 441 g/mol. The Morgan fingerprint density at radius 2 is 0.824 bits per heavy atom. The highest BCUT2D eigenvalue weighted by molar-refractivity contribution is 5.80. The zero-order valence-corrected chi connectivity index (χ0v) is 19.2. The van der Waals surface area contributed by atoms with Crippen LogP contribution < -0.4 is 10.6 Å². The SMILES string of the molecule is C=Cc1cccc(Nc2ccc(-c3ccc(Nc4cccc(C=C)c4C=C)cc3)cc2)c1C=C. The van der Waals surface area contributed by atoms with Crippen LogP contribution in [0, 0.1) is 0 Å². The first-order chi connectivity index (χ1) is 16.7. The Morgan fingerprint density at radius 1 is 0.441 bits per heavy atom. The van der Waals surface area contributed by atoms with Crippen molar-refractivity contribution in [3.63, 3.8) is 0 Å². The van der Waals surface area contributed by atoms with Crippen LogP contribution in [-0.4, -0.2) is 0 Å². The molecule has 2 nitrogen and oxygen atoms in total. The van der Waals surface area contributed by atoms with E-state index in [0.29, 0.717) is 0 Å². The lowest BCUT2D eigenvalue weighted by atomic mass is 10.0. The maximum Gasteiger partial charge on any atom is 0.0463 e. The fraction of sp³-hybridized carbons (Fsp3) is 0. The molecule has 0 saturated heterocycles. The van der Waals surface area contributed by atoms with E-state index in [2.05, 4.69) is 85.5 Å². The molecular formula is C32H28N2. The summed E-state index contributed by atoms with van der Waals surface area (Å²) in [5, 5.41) is 6.98. The Balaban J connectivity index is 1.50. The first-order valence-electron chi connectivity index (χ1n) is 11.2. The van der Waals surface area contributed by atoms with Crippen molar-refractivity contribution in [2.45, 2.75) is 0 Å². The summed E-state index contributed by atoms with van der Waals surface area (Å²) in [7, 11) is 0. The van der Waals surface area contributed by atoms with Gasteiger partial charge in [-0.2, -0.15) is 0 Å². The molecule has 2 N–H and O–H groups in total. The van der Waals surface area contributed by atoms with Crippen molar-refractivity contribution in [1.82, 2.24) is 0 Å². The summed E-state index contributed by atoms with van der Waals surface area (Å²) in [4.78, 5) is 0. The predicted octanol–water partition coefficient (Wildman–Crippen LogP) is 9.41. The van der Waals surface area contributed by atoms with Crippen LogP contribution in [0.5, 0.6) is 0 Å². The summed E-state index contributed by atoms with van der Waals surface area (Å²) >= 11 is 0. The Kier molecular flexibility index (Phi) is 6.90. The van der Waals surface area contributed by atoms with Crippen LogP contribution in [0.4, 0.5) is 22.7 Å². The fourth-order valence-corrected chi connectivity index (χ4v) is 4.00. The molecule has 0 heterocycles. The van der Waals surface area contributed by atoms with E-state index >= 15 is 0 Å². The highest BCUT2D eigenvalue weighted by Gasteiger charge is 2.06. The van der Waals surface area contributed by atoms with E-state index in [1.807, 2.05) is 60.7 Å². The van der Waals surface area contributed by atoms with Crippen molar-refractivity contribution < 1.29 is 0 Å². The molecule has 0 aliphatic rings. The normalized spacial score (nSPS) is 10.2. The molecule has 0 amide bonds. The van der Waals surface area contributed by atoms with Gasteiger partial charge in [-0.25, -0.2) is 0 Å². The molecule has 0 saturated carbocycles. The predicted molar refractivity (Wildman–Crippen MR) is 152 cm³/mol. The van der Waals surface area contributed by atoms with Gasteiger partial charge < -0.3 is 10.6 Å². The monoisotopic (exact) mass is 440 g/mol. The average Bonchev–Trinajstić information content (AvgIpc) is 2.89. The second kappa shape index (κ2) is 10.4. The molecule has 0 aromatic heterocycles. The lowest BCUT2D eigenvalue weighted by Gasteiger charge is -2.14. The van der Waals surface area contributed by atoms with Gasteiger partial charge in [-0.1, -0.05) is 99.2 Å². The van der Waals surface area contributed by atoms with Crippen molar-refractivity contribution in [1.29, 1.82) is 0 Å². The van der Waals surface area contributed by atoms with Crippen LogP contribution in [0.2, 0.25) is 0 Å². The molecule has 0 spiro atoms. The summed E-state index contributed by atoms with van der Waals surface area (Å²) in [6, 6.07) is 29.0. The van der Waals surface area contributed by atoms with Gasteiger partial charge in [0.2, 0.25) is 0 Å². The van der Waals surface area contributed by atoms with Crippen molar-refractivity contribution in [3.8, 4) is 11.1 Å². The van der Waals surface area contributed by atoms with E-state index in [0.717, 1.165) is 56.1 Å². The fourth-order valence-electron chi connectivity index (χ4n) is 4.00. The largest absolute Gasteiger partial charge is 0.355 e. The highest BCUT2D eigenvalue weighted by Crippen LogP contribution is 2.30. The Hall–Kier alpha value is -4.56. The molecule has 0 aliphatic heterocycles. The van der Waals surface area contributed by atoms with Gasteiger partial charge in [0.15, 0.2) is 0 Å². The Bertz CT molecular complexity index is 1240. The molecule has 0 atom stereocenters. The Labute approximate surface area is 202 Å². The quantitative estimate of drug-likeness (QED) is 0.271. The van der Waals surface area contributed by atoms with Crippen molar-refractivity contribution >= 4 is 47.1 Å².